The van der Waals surface area contributed by atoms with Gasteiger partial charge in [0.1, 0.15) is 5.84 Å². The van der Waals surface area contributed by atoms with Gasteiger partial charge in [-0.3, -0.25) is 10.2 Å². The molecule has 1 aromatic carbocycles. The number of primary amides is 1. The molecule has 0 bridgehead atoms. The summed E-state index contributed by atoms with van der Waals surface area (Å²) in [4.78, 5) is 28.3. The lowest BCUT2D eigenvalue weighted by Gasteiger charge is -2.21. The van der Waals surface area contributed by atoms with Gasteiger partial charge >= 0.3 is 5.97 Å². The lowest BCUT2D eigenvalue weighted by Crippen LogP contribution is -2.43. The van der Waals surface area contributed by atoms with Crippen LogP contribution in [0.3, 0.4) is 0 Å². The maximum Gasteiger partial charge on any atom is 0.354 e. The Hall–Kier alpha value is -2.90. The number of nitrogens with one attached hydrogen (secondary N) is 1. The SMILES string of the molecule is COC(=O)C1(CC(N)=O)CC(c2cccc(C(=N)N)c2)=NO1. The molecule has 0 fully saturated rings. The van der Waals surface area contributed by atoms with Crippen LogP contribution in [-0.4, -0.2) is 36.1 Å². The van der Waals surface area contributed by atoms with Gasteiger partial charge in [0.15, 0.2) is 0 Å². The zero-order valence-corrected chi connectivity index (χ0v) is 12.0. The topological polar surface area (TPSA) is 141 Å². The standard InChI is InChI=1S/C14H16N4O4/c1-21-13(20)14(7-11(15)19)6-10(18-22-14)8-3-2-4-9(5-8)12(16)17/h2-5H,6-7H2,1H3,(H2,15,19)(H3,16,17). The fraction of sp³-hybridized carbons (Fsp3) is 0.286. The van der Waals surface area contributed by atoms with Gasteiger partial charge in [-0.2, -0.15) is 0 Å². The van der Waals surface area contributed by atoms with Crippen molar-refractivity contribution in [3.8, 4) is 0 Å². The molecule has 0 spiro atoms. The van der Waals surface area contributed by atoms with E-state index in [1.165, 1.54) is 7.11 Å². The number of hydrogen-bond acceptors (Lipinski definition) is 6. The van der Waals surface area contributed by atoms with Crippen molar-refractivity contribution >= 4 is 23.4 Å². The average Bonchev–Trinajstić information content (AvgIpc) is 2.91. The summed E-state index contributed by atoms with van der Waals surface area (Å²) in [6, 6.07) is 6.79. The summed E-state index contributed by atoms with van der Waals surface area (Å²) in [5.41, 5.74) is 10.7. The van der Waals surface area contributed by atoms with E-state index in [0.717, 1.165) is 0 Å². The minimum atomic E-state index is -1.54. The summed E-state index contributed by atoms with van der Waals surface area (Å²) in [6.45, 7) is 0. The molecule has 2 rings (SSSR count). The van der Waals surface area contributed by atoms with Gasteiger partial charge in [0, 0.05) is 17.5 Å². The van der Waals surface area contributed by atoms with Gasteiger partial charge in [-0.1, -0.05) is 23.4 Å². The van der Waals surface area contributed by atoms with Crippen LogP contribution in [-0.2, 0) is 19.2 Å². The molecular weight excluding hydrogens is 288 g/mol. The van der Waals surface area contributed by atoms with Crippen LogP contribution in [0.1, 0.15) is 24.0 Å². The van der Waals surface area contributed by atoms with Crippen molar-refractivity contribution in [3.05, 3.63) is 35.4 Å². The largest absolute Gasteiger partial charge is 0.466 e. The first kappa shape index (κ1) is 15.5. The van der Waals surface area contributed by atoms with Gasteiger partial charge < -0.3 is 21.0 Å². The molecular formula is C14H16N4O4. The summed E-state index contributed by atoms with van der Waals surface area (Å²) < 4.78 is 4.69. The second kappa shape index (κ2) is 5.84. The predicted octanol–water partition coefficient (Wildman–Crippen LogP) is -0.118. The minimum Gasteiger partial charge on any atom is -0.466 e. The minimum absolute atomic E-state index is 0.0456. The normalized spacial score (nSPS) is 20.0. The number of rotatable bonds is 5. The molecule has 5 N–H and O–H groups in total. The fourth-order valence-corrected chi connectivity index (χ4v) is 2.24. The zero-order chi connectivity index (χ0) is 16.3. The van der Waals surface area contributed by atoms with Crippen LogP contribution >= 0.6 is 0 Å². The molecule has 0 saturated carbocycles. The number of ether oxygens (including phenoxy) is 1. The molecule has 1 aliphatic rings. The molecule has 1 aliphatic heterocycles. The quantitative estimate of drug-likeness (QED) is 0.395. The predicted molar refractivity (Wildman–Crippen MR) is 78.3 cm³/mol. The Morgan fingerprint density at radius 3 is 2.77 bits per heavy atom. The summed E-state index contributed by atoms with van der Waals surface area (Å²) >= 11 is 0. The van der Waals surface area contributed by atoms with E-state index in [-0.39, 0.29) is 18.7 Å². The molecule has 1 aromatic rings. The maximum absolute atomic E-state index is 11.9. The van der Waals surface area contributed by atoms with E-state index >= 15 is 0 Å². The van der Waals surface area contributed by atoms with E-state index in [0.29, 0.717) is 16.8 Å². The van der Waals surface area contributed by atoms with Crippen molar-refractivity contribution in [2.75, 3.05) is 7.11 Å². The first-order valence-corrected chi connectivity index (χ1v) is 6.44. The van der Waals surface area contributed by atoms with Crippen LogP contribution in [0.4, 0.5) is 0 Å². The molecule has 0 aliphatic carbocycles. The molecule has 8 heteroatoms. The number of carbonyl (C=O) groups excluding carboxylic acids is 2. The second-order valence-electron chi connectivity index (χ2n) is 4.93. The highest BCUT2D eigenvalue weighted by atomic mass is 16.7. The van der Waals surface area contributed by atoms with Crippen LogP contribution in [0.5, 0.6) is 0 Å². The van der Waals surface area contributed by atoms with Gasteiger partial charge in [0.05, 0.1) is 19.2 Å². The number of nitrogen functional groups attached to an aromatic ring is 1. The van der Waals surface area contributed by atoms with E-state index in [2.05, 4.69) is 9.89 Å². The first-order valence-electron chi connectivity index (χ1n) is 6.44. The third-order valence-electron chi connectivity index (χ3n) is 3.31. The van der Waals surface area contributed by atoms with Crippen LogP contribution in [0, 0.1) is 5.41 Å². The highest BCUT2D eigenvalue weighted by Crippen LogP contribution is 2.31. The smallest absolute Gasteiger partial charge is 0.354 e. The molecule has 1 unspecified atom stereocenters. The van der Waals surface area contributed by atoms with Crippen molar-refractivity contribution in [1.29, 1.82) is 5.41 Å². The number of carbonyl (C=O) groups is 2. The number of oxime groups is 1. The van der Waals surface area contributed by atoms with Crippen molar-refractivity contribution in [2.24, 2.45) is 16.6 Å². The van der Waals surface area contributed by atoms with Crippen molar-refractivity contribution in [3.63, 3.8) is 0 Å². The molecule has 116 valence electrons. The summed E-state index contributed by atoms with van der Waals surface area (Å²) in [5, 5.41) is 11.3. The fourth-order valence-electron chi connectivity index (χ4n) is 2.24. The van der Waals surface area contributed by atoms with E-state index in [9.17, 15) is 9.59 Å². The Labute approximate surface area is 126 Å². The van der Waals surface area contributed by atoms with Crippen LogP contribution < -0.4 is 11.5 Å². The highest BCUT2D eigenvalue weighted by Gasteiger charge is 2.49. The number of amidine groups is 1. The van der Waals surface area contributed by atoms with E-state index in [4.69, 9.17) is 21.7 Å². The monoisotopic (exact) mass is 304 g/mol. The van der Waals surface area contributed by atoms with E-state index in [1.807, 2.05) is 0 Å². The third kappa shape index (κ3) is 2.90. The molecule has 1 amide bonds. The van der Waals surface area contributed by atoms with Crippen molar-refractivity contribution in [1.82, 2.24) is 0 Å². The number of methoxy groups -OCH3 is 1. The van der Waals surface area contributed by atoms with Gasteiger partial charge in [0.2, 0.25) is 11.5 Å². The average molecular weight is 304 g/mol. The van der Waals surface area contributed by atoms with Gasteiger partial charge in [-0.05, 0) is 6.07 Å². The number of amides is 1. The Morgan fingerprint density at radius 1 is 1.45 bits per heavy atom. The third-order valence-corrected chi connectivity index (χ3v) is 3.31. The van der Waals surface area contributed by atoms with Crippen LogP contribution in [0.25, 0.3) is 0 Å². The van der Waals surface area contributed by atoms with Crippen LogP contribution in [0.2, 0.25) is 0 Å². The summed E-state index contributed by atoms with van der Waals surface area (Å²) in [6.07, 6.45) is -0.289. The molecule has 0 aromatic heterocycles. The van der Waals surface area contributed by atoms with Gasteiger partial charge in [-0.25, -0.2) is 4.79 Å². The summed E-state index contributed by atoms with van der Waals surface area (Å²) in [5.74, 6) is -1.50. The molecule has 22 heavy (non-hydrogen) atoms. The van der Waals surface area contributed by atoms with Gasteiger partial charge in [-0.15, -0.1) is 0 Å². The molecule has 0 saturated heterocycles. The van der Waals surface area contributed by atoms with E-state index in [1.54, 1.807) is 24.3 Å². The number of nitrogens with zero attached hydrogens (tertiary/aromatic N) is 1. The number of hydrogen-bond donors (Lipinski definition) is 3. The number of benzene rings is 1. The highest BCUT2D eigenvalue weighted by molar-refractivity contribution is 6.07. The van der Waals surface area contributed by atoms with Crippen molar-refractivity contribution < 1.29 is 19.2 Å². The maximum atomic E-state index is 11.9. The second-order valence-corrected chi connectivity index (χ2v) is 4.93. The lowest BCUT2D eigenvalue weighted by atomic mass is 9.90. The van der Waals surface area contributed by atoms with Gasteiger partial charge in [0.25, 0.3) is 0 Å². The molecule has 1 atom stereocenters. The first-order chi connectivity index (χ1) is 10.4. The summed E-state index contributed by atoms with van der Waals surface area (Å²) in [7, 11) is 1.20. The zero-order valence-electron chi connectivity index (χ0n) is 12.0. The lowest BCUT2D eigenvalue weighted by molar-refractivity contribution is -0.168. The Kier molecular flexibility index (Phi) is 4.11. The molecule has 8 nitrogen and oxygen atoms in total. The Balaban J connectivity index is 2.29. The number of esters is 1. The molecule has 0 radical (unpaired) electrons. The van der Waals surface area contributed by atoms with Crippen molar-refractivity contribution in [2.45, 2.75) is 18.4 Å². The number of nitrogens with two attached hydrogens (primary N) is 2. The Bertz CT molecular complexity index is 671. The van der Waals surface area contributed by atoms with Crippen LogP contribution in [0.15, 0.2) is 29.4 Å². The molecule has 1 heterocycles. The Morgan fingerprint density at radius 2 is 2.18 bits per heavy atom. The van der Waals surface area contributed by atoms with E-state index < -0.39 is 17.5 Å².